The van der Waals surface area contributed by atoms with E-state index in [0.717, 1.165) is 17.0 Å². The molecular weight excluding hydrogens is 294 g/mol. The number of nitrogens with one attached hydrogen (secondary N) is 1. The zero-order chi connectivity index (χ0) is 13.7. The monoisotopic (exact) mass is 311 g/mol. The van der Waals surface area contributed by atoms with Crippen molar-refractivity contribution in [2.75, 3.05) is 0 Å². The molecule has 1 amide bonds. The Morgan fingerprint density at radius 2 is 2.05 bits per heavy atom. The Hall–Kier alpha value is -1.43. The molecule has 4 nitrogen and oxygen atoms in total. The Morgan fingerprint density at radius 1 is 1.35 bits per heavy atom. The van der Waals surface area contributed by atoms with Gasteiger partial charge in [0.2, 0.25) is 0 Å². The summed E-state index contributed by atoms with van der Waals surface area (Å²) in [6.07, 6.45) is 2.84. The van der Waals surface area contributed by atoms with Crippen LogP contribution in [0, 0.1) is 0 Å². The average Bonchev–Trinajstić information content (AvgIpc) is 2.93. The van der Waals surface area contributed by atoms with Crippen molar-refractivity contribution < 1.29 is 4.79 Å². The molecule has 1 aromatic heterocycles. The number of aromatic nitrogens is 1. The summed E-state index contributed by atoms with van der Waals surface area (Å²) in [4.78, 5) is 17.4. The molecule has 0 aliphatic carbocycles. The minimum Gasteiger partial charge on any atom is -0.346 e. The number of hydrogen-bond acceptors (Lipinski definition) is 4. The number of aryl methyl sites for hydroxylation is 1. The van der Waals surface area contributed by atoms with Gasteiger partial charge in [0, 0.05) is 23.2 Å². The van der Waals surface area contributed by atoms with Crippen LogP contribution in [0.3, 0.4) is 0 Å². The van der Waals surface area contributed by atoms with E-state index in [0.29, 0.717) is 18.7 Å². The molecule has 0 aliphatic rings. The van der Waals surface area contributed by atoms with Crippen LogP contribution in [0.1, 0.15) is 32.7 Å². The third kappa shape index (κ3) is 4.30. The van der Waals surface area contributed by atoms with Gasteiger partial charge in [-0.2, -0.15) is 0 Å². The fraction of sp³-hybridized carbons (Fsp3) is 0.286. The minimum atomic E-state index is -0.0863. The third-order valence-electron chi connectivity index (χ3n) is 2.80. The topological polar surface area (TPSA) is 68.0 Å². The lowest BCUT2D eigenvalue weighted by atomic mass is 10.1. The lowest BCUT2D eigenvalue weighted by Gasteiger charge is -2.04. The van der Waals surface area contributed by atoms with E-state index in [2.05, 4.69) is 17.2 Å². The summed E-state index contributed by atoms with van der Waals surface area (Å²) in [5.41, 5.74) is 7.18. The van der Waals surface area contributed by atoms with Crippen LogP contribution in [0.4, 0.5) is 0 Å². The van der Waals surface area contributed by atoms with Gasteiger partial charge in [0.15, 0.2) is 0 Å². The summed E-state index contributed by atoms with van der Waals surface area (Å²) in [7, 11) is 0. The highest BCUT2D eigenvalue weighted by Crippen LogP contribution is 2.13. The van der Waals surface area contributed by atoms with Crippen LogP contribution in [0.15, 0.2) is 30.5 Å². The second kappa shape index (κ2) is 7.99. The number of rotatable bonds is 5. The molecule has 3 N–H and O–H groups in total. The van der Waals surface area contributed by atoms with E-state index in [-0.39, 0.29) is 18.3 Å². The molecule has 0 aliphatic heterocycles. The minimum absolute atomic E-state index is 0. The first-order chi connectivity index (χ1) is 9.22. The number of carbonyl (C=O) groups is 1. The summed E-state index contributed by atoms with van der Waals surface area (Å²) in [5, 5.41) is 3.80. The van der Waals surface area contributed by atoms with Gasteiger partial charge >= 0.3 is 0 Å². The lowest BCUT2D eigenvalue weighted by Crippen LogP contribution is -2.22. The van der Waals surface area contributed by atoms with Gasteiger partial charge in [-0.05, 0) is 24.1 Å². The summed E-state index contributed by atoms with van der Waals surface area (Å²) in [6.45, 7) is 3.05. The van der Waals surface area contributed by atoms with Crippen molar-refractivity contribution in [3.8, 4) is 0 Å². The molecule has 20 heavy (non-hydrogen) atoms. The highest BCUT2D eigenvalue weighted by atomic mass is 35.5. The Balaban J connectivity index is 0.00000200. The van der Waals surface area contributed by atoms with Crippen LogP contribution in [-0.4, -0.2) is 10.9 Å². The van der Waals surface area contributed by atoms with Gasteiger partial charge in [-0.1, -0.05) is 19.1 Å². The molecule has 1 heterocycles. The molecule has 0 bridgehead atoms. The summed E-state index contributed by atoms with van der Waals surface area (Å²) >= 11 is 1.63. The average molecular weight is 312 g/mol. The fourth-order valence-electron chi connectivity index (χ4n) is 1.64. The molecule has 0 saturated heterocycles. The lowest BCUT2D eigenvalue weighted by molar-refractivity contribution is 0.0951. The first kappa shape index (κ1) is 16.6. The van der Waals surface area contributed by atoms with Gasteiger partial charge in [0.25, 0.3) is 5.91 Å². The van der Waals surface area contributed by atoms with Crippen LogP contribution < -0.4 is 11.1 Å². The number of amides is 1. The molecule has 108 valence electrons. The highest BCUT2D eigenvalue weighted by molar-refractivity contribution is 7.11. The van der Waals surface area contributed by atoms with Crippen molar-refractivity contribution in [3.63, 3.8) is 0 Å². The molecule has 1 aromatic carbocycles. The van der Waals surface area contributed by atoms with Crippen molar-refractivity contribution >= 4 is 29.7 Å². The Morgan fingerprint density at radius 3 is 2.60 bits per heavy atom. The SMILES string of the molecule is CCc1cnc(CNC(=O)c2ccc(CN)cc2)s1.Cl. The Bertz CT molecular complexity index is 554. The van der Waals surface area contributed by atoms with E-state index in [4.69, 9.17) is 5.73 Å². The highest BCUT2D eigenvalue weighted by Gasteiger charge is 2.06. The maximum Gasteiger partial charge on any atom is 0.251 e. The van der Waals surface area contributed by atoms with E-state index in [1.807, 2.05) is 18.3 Å². The number of benzene rings is 1. The van der Waals surface area contributed by atoms with E-state index < -0.39 is 0 Å². The van der Waals surface area contributed by atoms with Crippen molar-refractivity contribution in [2.45, 2.75) is 26.4 Å². The summed E-state index contributed by atoms with van der Waals surface area (Å²) in [5.74, 6) is -0.0863. The van der Waals surface area contributed by atoms with Gasteiger partial charge in [0.1, 0.15) is 5.01 Å². The Kier molecular flexibility index (Phi) is 6.64. The maximum absolute atomic E-state index is 11.9. The molecule has 0 unspecified atom stereocenters. The molecule has 6 heteroatoms. The summed E-state index contributed by atoms with van der Waals surface area (Å²) < 4.78 is 0. The number of nitrogens with two attached hydrogens (primary N) is 1. The zero-order valence-corrected chi connectivity index (χ0v) is 12.9. The normalized spacial score (nSPS) is 9.90. The largest absolute Gasteiger partial charge is 0.346 e. The van der Waals surface area contributed by atoms with Crippen LogP contribution >= 0.6 is 23.7 Å². The van der Waals surface area contributed by atoms with Gasteiger partial charge in [-0.15, -0.1) is 23.7 Å². The van der Waals surface area contributed by atoms with Crippen LogP contribution in [0.2, 0.25) is 0 Å². The molecule has 0 saturated carbocycles. The number of halogens is 1. The number of nitrogens with zero attached hydrogens (tertiary/aromatic N) is 1. The third-order valence-corrected chi connectivity index (χ3v) is 3.94. The van der Waals surface area contributed by atoms with Gasteiger partial charge in [-0.25, -0.2) is 4.98 Å². The van der Waals surface area contributed by atoms with Crippen molar-refractivity contribution in [3.05, 3.63) is 51.5 Å². The quantitative estimate of drug-likeness (QED) is 0.891. The zero-order valence-electron chi connectivity index (χ0n) is 11.3. The second-order valence-corrected chi connectivity index (χ2v) is 5.36. The number of carbonyl (C=O) groups excluding carboxylic acids is 1. The van der Waals surface area contributed by atoms with Crippen molar-refractivity contribution in [1.29, 1.82) is 0 Å². The predicted molar refractivity (Wildman–Crippen MR) is 84.2 cm³/mol. The van der Waals surface area contributed by atoms with Crippen LogP contribution in [0.25, 0.3) is 0 Å². The second-order valence-electron chi connectivity index (χ2n) is 4.16. The first-order valence-corrected chi connectivity index (χ1v) is 7.05. The molecular formula is C14H18ClN3OS. The van der Waals surface area contributed by atoms with Crippen molar-refractivity contribution in [2.24, 2.45) is 5.73 Å². The molecule has 0 atom stereocenters. The first-order valence-electron chi connectivity index (χ1n) is 6.23. The van der Waals surface area contributed by atoms with Crippen LogP contribution in [0.5, 0.6) is 0 Å². The van der Waals surface area contributed by atoms with Crippen molar-refractivity contribution in [1.82, 2.24) is 10.3 Å². The molecule has 0 fully saturated rings. The van der Waals surface area contributed by atoms with E-state index in [1.165, 1.54) is 4.88 Å². The number of thiazole rings is 1. The van der Waals surface area contributed by atoms with Gasteiger partial charge in [-0.3, -0.25) is 4.79 Å². The summed E-state index contributed by atoms with van der Waals surface area (Å²) in [6, 6.07) is 7.31. The molecule has 0 radical (unpaired) electrons. The smallest absolute Gasteiger partial charge is 0.251 e. The molecule has 2 aromatic rings. The standard InChI is InChI=1S/C14H17N3OS.ClH/c1-2-12-8-16-13(19-12)9-17-14(18)11-5-3-10(7-15)4-6-11;/h3-6,8H,2,7,9,15H2,1H3,(H,17,18);1H. The van der Waals surface area contributed by atoms with Gasteiger partial charge < -0.3 is 11.1 Å². The van der Waals surface area contributed by atoms with E-state index in [9.17, 15) is 4.79 Å². The maximum atomic E-state index is 11.9. The van der Waals surface area contributed by atoms with Gasteiger partial charge in [0.05, 0.1) is 6.54 Å². The number of hydrogen-bond donors (Lipinski definition) is 2. The predicted octanol–water partition coefficient (Wildman–Crippen LogP) is 2.52. The molecule has 0 spiro atoms. The van der Waals surface area contributed by atoms with E-state index >= 15 is 0 Å². The van der Waals surface area contributed by atoms with E-state index in [1.54, 1.807) is 23.5 Å². The molecule has 2 rings (SSSR count). The fourth-order valence-corrected chi connectivity index (χ4v) is 2.45. The van der Waals surface area contributed by atoms with Crippen LogP contribution in [-0.2, 0) is 19.5 Å². The Labute approximate surface area is 128 Å².